The number of aromatic nitrogens is 2. The molecule has 8 heteroatoms. The molecule has 1 aliphatic rings. The molecule has 22 heavy (non-hydrogen) atoms. The fourth-order valence-corrected chi connectivity index (χ4v) is 2.37. The average Bonchev–Trinajstić information content (AvgIpc) is 2.90. The predicted molar refractivity (Wildman–Crippen MR) is 73.5 cm³/mol. The van der Waals surface area contributed by atoms with Crippen LogP contribution in [0.4, 0.5) is 13.2 Å². The molecule has 0 atom stereocenters. The summed E-state index contributed by atoms with van der Waals surface area (Å²) in [6, 6.07) is -0.431. The Morgan fingerprint density at radius 1 is 1.41 bits per heavy atom. The van der Waals surface area contributed by atoms with Crippen LogP contribution in [0.15, 0.2) is 18.5 Å². The molecule has 1 aromatic heterocycles. The number of imidazole rings is 1. The molecule has 0 aromatic carbocycles. The molecule has 1 aliphatic heterocycles. The van der Waals surface area contributed by atoms with Crippen molar-refractivity contribution in [1.29, 1.82) is 0 Å². The van der Waals surface area contributed by atoms with Crippen LogP contribution in [0.1, 0.15) is 35.2 Å². The molecule has 2 rings (SSSR count). The molecular formula is C14H18F3N3O2. The van der Waals surface area contributed by atoms with Crippen molar-refractivity contribution in [1.82, 2.24) is 14.5 Å². The summed E-state index contributed by atoms with van der Waals surface area (Å²) in [6.07, 6.45) is 0.000850. The number of alkyl halides is 3. The Labute approximate surface area is 126 Å². The molecule has 0 unspecified atom stereocenters. The normalized spacial score (nSPS) is 17.1. The number of ether oxygens (including phenoxy) is 1. The van der Waals surface area contributed by atoms with Gasteiger partial charge in [0.15, 0.2) is 0 Å². The van der Waals surface area contributed by atoms with E-state index in [0.29, 0.717) is 26.1 Å². The third-order valence-corrected chi connectivity index (χ3v) is 3.38. The van der Waals surface area contributed by atoms with E-state index in [0.717, 1.165) is 10.8 Å². The van der Waals surface area contributed by atoms with Crippen LogP contribution in [0.2, 0.25) is 0 Å². The Bertz CT molecular complexity index is 558. The predicted octanol–water partition coefficient (Wildman–Crippen LogP) is 2.51. The first kappa shape index (κ1) is 16.5. The summed E-state index contributed by atoms with van der Waals surface area (Å²) < 4.78 is 45.6. The minimum Gasteiger partial charge on any atom is -0.383 e. The molecule has 0 saturated carbocycles. The fraction of sp³-hybridized carbons (Fsp3) is 0.571. The van der Waals surface area contributed by atoms with Crippen LogP contribution >= 0.6 is 0 Å². The maximum absolute atomic E-state index is 13.1. The maximum Gasteiger partial charge on any atom is 0.449 e. The summed E-state index contributed by atoms with van der Waals surface area (Å²) >= 11 is 0. The van der Waals surface area contributed by atoms with E-state index in [1.807, 2.05) is 0 Å². The number of rotatable bonds is 4. The van der Waals surface area contributed by atoms with E-state index in [2.05, 4.69) is 4.98 Å². The molecule has 0 radical (unpaired) electrons. The quantitative estimate of drug-likeness (QED) is 0.632. The Morgan fingerprint density at radius 2 is 2.05 bits per heavy atom. The standard InChI is InChI=1S/C14H18F3N3O2/c1-19(2)6-3-12(21)11-9-18-13(14(15,16)17)20(11)10-4-7-22-8-5-10/h3,6,9-10H,4-5,7-8H2,1-2H3. The first-order chi connectivity index (χ1) is 10.3. The summed E-state index contributed by atoms with van der Waals surface area (Å²) in [4.78, 5) is 17.3. The highest BCUT2D eigenvalue weighted by atomic mass is 19.4. The van der Waals surface area contributed by atoms with Gasteiger partial charge in [-0.25, -0.2) is 4.98 Å². The fourth-order valence-electron chi connectivity index (χ4n) is 2.37. The Kier molecular flexibility index (Phi) is 4.90. The lowest BCUT2D eigenvalue weighted by Gasteiger charge is -2.26. The SMILES string of the molecule is CN(C)C=CC(=O)c1cnc(C(F)(F)F)n1C1CCOCC1. The van der Waals surface area contributed by atoms with Gasteiger partial charge in [-0.05, 0) is 12.8 Å². The van der Waals surface area contributed by atoms with E-state index in [4.69, 9.17) is 4.74 Å². The molecule has 0 spiro atoms. The van der Waals surface area contributed by atoms with Gasteiger partial charge in [0.2, 0.25) is 11.6 Å². The topological polar surface area (TPSA) is 47.4 Å². The largest absolute Gasteiger partial charge is 0.449 e. The maximum atomic E-state index is 13.1. The molecule has 122 valence electrons. The number of carbonyl (C=O) groups is 1. The molecule has 0 amide bonds. The summed E-state index contributed by atoms with van der Waals surface area (Å²) in [7, 11) is 3.45. The van der Waals surface area contributed by atoms with E-state index in [-0.39, 0.29) is 5.69 Å². The number of nitrogens with zero attached hydrogens (tertiary/aromatic N) is 3. The van der Waals surface area contributed by atoms with Crippen LogP contribution in [0, 0.1) is 0 Å². The van der Waals surface area contributed by atoms with Gasteiger partial charge in [0.25, 0.3) is 0 Å². The molecule has 1 saturated heterocycles. The summed E-state index contributed by atoms with van der Waals surface area (Å²) in [5.74, 6) is -1.52. The van der Waals surface area contributed by atoms with Gasteiger partial charge in [-0.2, -0.15) is 13.2 Å². The highest BCUT2D eigenvalue weighted by molar-refractivity contribution is 6.03. The van der Waals surface area contributed by atoms with Crippen molar-refractivity contribution in [3.05, 3.63) is 30.0 Å². The van der Waals surface area contributed by atoms with Crippen molar-refractivity contribution in [2.45, 2.75) is 25.1 Å². The highest BCUT2D eigenvalue weighted by Crippen LogP contribution is 2.34. The van der Waals surface area contributed by atoms with E-state index in [1.165, 1.54) is 12.3 Å². The van der Waals surface area contributed by atoms with Crippen molar-refractivity contribution in [3.8, 4) is 0 Å². The summed E-state index contributed by atoms with van der Waals surface area (Å²) in [5.41, 5.74) is -0.0441. The molecule has 5 nitrogen and oxygen atoms in total. The average molecular weight is 317 g/mol. The van der Waals surface area contributed by atoms with Gasteiger partial charge in [0.1, 0.15) is 5.69 Å². The van der Waals surface area contributed by atoms with Crippen molar-refractivity contribution in [2.24, 2.45) is 0 Å². The number of hydrogen-bond donors (Lipinski definition) is 0. The zero-order chi connectivity index (χ0) is 16.3. The number of halogens is 3. The van der Waals surface area contributed by atoms with E-state index in [1.54, 1.807) is 19.0 Å². The molecule has 0 aliphatic carbocycles. The van der Waals surface area contributed by atoms with Crippen LogP contribution < -0.4 is 0 Å². The van der Waals surface area contributed by atoms with Crippen LogP contribution in [0.3, 0.4) is 0 Å². The lowest BCUT2D eigenvalue weighted by Crippen LogP contribution is -2.27. The van der Waals surface area contributed by atoms with Crippen LogP contribution in [0.25, 0.3) is 0 Å². The smallest absolute Gasteiger partial charge is 0.383 e. The van der Waals surface area contributed by atoms with Crippen molar-refractivity contribution in [2.75, 3.05) is 27.3 Å². The molecule has 1 aromatic rings. The number of carbonyl (C=O) groups excluding carboxylic acids is 1. The summed E-state index contributed by atoms with van der Waals surface area (Å²) in [5, 5.41) is 0. The minimum atomic E-state index is -4.60. The van der Waals surface area contributed by atoms with Gasteiger partial charge < -0.3 is 14.2 Å². The van der Waals surface area contributed by atoms with Gasteiger partial charge in [0.05, 0.1) is 6.20 Å². The second-order valence-electron chi connectivity index (χ2n) is 5.32. The zero-order valence-electron chi connectivity index (χ0n) is 12.4. The summed E-state index contributed by atoms with van der Waals surface area (Å²) in [6.45, 7) is 0.753. The lowest BCUT2D eigenvalue weighted by atomic mass is 10.1. The van der Waals surface area contributed by atoms with Gasteiger partial charge in [-0.15, -0.1) is 0 Å². The van der Waals surface area contributed by atoms with Crippen LogP contribution in [-0.2, 0) is 10.9 Å². The molecular weight excluding hydrogens is 299 g/mol. The minimum absolute atomic E-state index is 0.0441. The van der Waals surface area contributed by atoms with Crippen LogP contribution in [-0.4, -0.2) is 47.5 Å². The van der Waals surface area contributed by atoms with Crippen LogP contribution in [0.5, 0.6) is 0 Å². The third-order valence-electron chi connectivity index (χ3n) is 3.38. The first-order valence-electron chi connectivity index (χ1n) is 6.92. The molecule has 0 N–H and O–H groups in total. The Morgan fingerprint density at radius 3 is 2.59 bits per heavy atom. The van der Waals surface area contributed by atoms with Gasteiger partial charge in [0, 0.05) is 45.6 Å². The second-order valence-corrected chi connectivity index (χ2v) is 5.32. The molecule has 0 bridgehead atoms. The number of hydrogen-bond acceptors (Lipinski definition) is 4. The number of allylic oxidation sites excluding steroid dienone is 1. The Hall–Kier alpha value is -1.83. The first-order valence-corrected chi connectivity index (χ1v) is 6.92. The van der Waals surface area contributed by atoms with Crippen molar-refractivity contribution < 1.29 is 22.7 Å². The van der Waals surface area contributed by atoms with Crippen molar-refractivity contribution in [3.63, 3.8) is 0 Å². The lowest BCUT2D eigenvalue weighted by molar-refractivity contribution is -0.148. The van der Waals surface area contributed by atoms with E-state index < -0.39 is 23.8 Å². The van der Waals surface area contributed by atoms with Gasteiger partial charge in [-0.3, -0.25) is 4.79 Å². The zero-order valence-corrected chi connectivity index (χ0v) is 12.4. The van der Waals surface area contributed by atoms with E-state index >= 15 is 0 Å². The van der Waals surface area contributed by atoms with Crippen molar-refractivity contribution >= 4 is 5.78 Å². The Balaban J connectivity index is 2.41. The second kappa shape index (κ2) is 6.51. The number of ketones is 1. The molecule has 1 fully saturated rings. The third kappa shape index (κ3) is 3.68. The highest BCUT2D eigenvalue weighted by Gasteiger charge is 2.40. The van der Waals surface area contributed by atoms with Gasteiger partial charge >= 0.3 is 6.18 Å². The van der Waals surface area contributed by atoms with Gasteiger partial charge in [-0.1, -0.05) is 0 Å². The molecule has 2 heterocycles. The van der Waals surface area contributed by atoms with E-state index in [9.17, 15) is 18.0 Å². The monoisotopic (exact) mass is 317 g/mol.